The summed E-state index contributed by atoms with van der Waals surface area (Å²) >= 11 is 1.67. The van der Waals surface area contributed by atoms with Crippen LogP contribution >= 0.6 is 11.8 Å². The minimum absolute atomic E-state index is 0.00677. The molecule has 3 rings (SSSR count). The van der Waals surface area contributed by atoms with Gasteiger partial charge in [-0.15, -0.1) is 11.8 Å². The molecule has 0 aromatic carbocycles. The normalized spacial score (nSPS) is 35.3. The van der Waals surface area contributed by atoms with Crippen LogP contribution in [0.5, 0.6) is 0 Å². The third-order valence-corrected chi connectivity index (χ3v) is 6.06. The molecule has 3 aliphatic rings. The maximum atomic E-state index is 12.7. The fourth-order valence-electron chi connectivity index (χ4n) is 3.88. The van der Waals surface area contributed by atoms with Gasteiger partial charge >= 0.3 is 0 Å². The highest BCUT2D eigenvalue weighted by Gasteiger charge is 2.51. The molecule has 1 aliphatic carbocycles. The fourth-order valence-corrected chi connectivity index (χ4v) is 5.09. The van der Waals surface area contributed by atoms with Gasteiger partial charge in [-0.1, -0.05) is 0 Å². The molecule has 1 saturated carbocycles. The summed E-state index contributed by atoms with van der Waals surface area (Å²) in [6, 6.07) is -0.245. The Labute approximate surface area is 130 Å². The summed E-state index contributed by atoms with van der Waals surface area (Å²) in [4.78, 5) is 28.0. The second-order valence-corrected chi connectivity index (χ2v) is 7.50. The largest absolute Gasteiger partial charge is 0.378 e. The van der Waals surface area contributed by atoms with Crippen molar-refractivity contribution in [2.45, 2.75) is 45.3 Å². The zero-order chi connectivity index (χ0) is 15.0. The molecule has 1 spiro atoms. The van der Waals surface area contributed by atoms with Crippen LogP contribution in [0.2, 0.25) is 0 Å². The number of amides is 2. The topological polar surface area (TPSA) is 49.9 Å². The van der Waals surface area contributed by atoms with Gasteiger partial charge in [0.25, 0.3) is 0 Å². The van der Waals surface area contributed by atoms with Gasteiger partial charge in [0.2, 0.25) is 11.8 Å². The van der Waals surface area contributed by atoms with E-state index in [2.05, 4.69) is 0 Å². The number of carbonyl (C=O) groups excluding carboxylic acids is 2. The molecular formula is C15H24N2O3S. The smallest absolute Gasteiger partial charge is 0.246 e. The van der Waals surface area contributed by atoms with E-state index >= 15 is 0 Å². The third kappa shape index (κ3) is 2.80. The lowest BCUT2D eigenvalue weighted by Gasteiger charge is -2.44. The van der Waals surface area contributed by atoms with E-state index in [1.807, 2.05) is 11.8 Å². The summed E-state index contributed by atoms with van der Waals surface area (Å²) < 4.78 is 5.65. The molecule has 1 atom stereocenters. The molecular weight excluding hydrogens is 288 g/mol. The van der Waals surface area contributed by atoms with Crippen LogP contribution in [0.25, 0.3) is 0 Å². The van der Waals surface area contributed by atoms with E-state index in [0.29, 0.717) is 17.4 Å². The maximum absolute atomic E-state index is 12.7. The van der Waals surface area contributed by atoms with Crippen molar-refractivity contribution in [1.82, 2.24) is 9.80 Å². The predicted octanol–water partition coefficient (Wildman–Crippen LogP) is 1.33. The Hall–Kier alpha value is -0.750. The van der Waals surface area contributed by atoms with Crippen molar-refractivity contribution in [2.75, 3.05) is 31.3 Å². The maximum Gasteiger partial charge on any atom is 0.246 e. The monoisotopic (exact) mass is 312 g/mol. The number of likely N-dealkylation sites (tertiary alicyclic amines) is 1. The van der Waals surface area contributed by atoms with Crippen LogP contribution in [-0.4, -0.2) is 65.1 Å². The average molecular weight is 312 g/mol. The van der Waals surface area contributed by atoms with Gasteiger partial charge in [0.1, 0.15) is 6.04 Å². The van der Waals surface area contributed by atoms with Crippen molar-refractivity contribution in [2.24, 2.45) is 5.41 Å². The van der Waals surface area contributed by atoms with Crippen LogP contribution in [0.15, 0.2) is 0 Å². The molecule has 0 aromatic rings. The first kappa shape index (κ1) is 15.2. The average Bonchev–Trinajstić information content (AvgIpc) is 3.04. The summed E-state index contributed by atoms with van der Waals surface area (Å²) in [5, 5.41) is 0. The van der Waals surface area contributed by atoms with E-state index in [4.69, 9.17) is 4.74 Å². The Bertz CT molecular complexity index is 437. The zero-order valence-corrected chi connectivity index (χ0v) is 13.7. The van der Waals surface area contributed by atoms with E-state index in [0.717, 1.165) is 44.7 Å². The molecule has 2 amide bonds. The Balaban J connectivity index is 1.57. The first-order valence-corrected chi connectivity index (χ1v) is 8.95. The molecule has 5 nitrogen and oxygen atoms in total. The second kappa shape index (κ2) is 5.80. The number of ether oxygens (including phenoxy) is 1. The van der Waals surface area contributed by atoms with E-state index in [9.17, 15) is 9.59 Å². The van der Waals surface area contributed by atoms with E-state index in [-0.39, 0.29) is 17.9 Å². The summed E-state index contributed by atoms with van der Waals surface area (Å²) in [5.74, 6) is 1.54. The highest BCUT2D eigenvalue weighted by atomic mass is 32.2. The van der Waals surface area contributed by atoms with Crippen LogP contribution < -0.4 is 0 Å². The number of hydrogen-bond donors (Lipinski definition) is 0. The van der Waals surface area contributed by atoms with E-state index in [1.54, 1.807) is 23.6 Å². The Morgan fingerprint density at radius 1 is 1.38 bits per heavy atom. The summed E-state index contributed by atoms with van der Waals surface area (Å²) in [5.41, 5.74) is 0.294. The Kier molecular flexibility index (Phi) is 4.19. The standard InChI is InChI=1S/C15H24N2O3S/c1-3-20-12-6-15(7-12)4-5-16(9-15)14(19)13-8-21-10-17(13)11(2)18/h12-13H,3-10H2,1-2H3. The molecule has 3 fully saturated rings. The SMILES string of the molecule is CCOC1CC2(CCN(C(=O)C3CSCN3C(C)=O)C2)C1. The van der Waals surface area contributed by atoms with Gasteiger partial charge in [-0.2, -0.15) is 0 Å². The van der Waals surface area contributed by atoms with Crippen LogP contribution in [0.1, 0.15) is 33.1 Å². The molecule has 2 aliphatic heterocycles. The van der Waals surface area contributed by atoms with Crippen LogP contribution in [-0.2, 0) is 14.3 Å². The molecule has 21 heavy (non-hydrogen) atoms. The molecule has 1 unspecified atom stereocenters. The van der Waals surface area contributed by atoms with Crippen molar-refractivity contribution in [3.05, 3.63) is 0 Å². The minimum atomic E-state index is -0.245. The summed E-state index contributed by atoms with van der Waals surface area (Å²) in [6.45, 7) is 6.04. The van der Waals surface area contributed by atoms with Gasteiger partial charge in [0.05, 0.1) is 12.0 Å². The van der Waals surface area contributed by atoms with Gasteiger partial charge in [-0.05, 0) is 31.6 Å². The zero-order valence-electron chi connectivity index (χ0n) is 12.8. The van der Waals surface area contributed by atoms with Crippen molar-refractivity contribution < 1.29 is 14.3 Å². The van der Waals surface area contributed by atoms with Crippen molar-refractivity contribution in [3.63, 3.8) is 0 Å². The highest BCUT2D eigenvalue weighted by molar-refractivity contribution is 7.99. The number of thioether (sulfide) groups is 1. The van der Waals surface area contributed by atoms with Gasteiger partial charge in [-0.3, -0.25) is 9.59 Å². The molecule has 2 heterocycles. The predicted molar refractivity (Wildman–Crippen MR) is 81.9 cm³/mol. The van der Waals surface area contributed by atoms with E-state index in [1.165, 1.54) is 0 Å². The summed E-state index contributed by atoms with van der Waals surface area (Å²) in [7, 11) is 0. The molecule has 0 radical (unpaired) electrons. The molecule has 0 aromatic heterocycles. The fraction of sp³-hybridized carbons (Fsp3) is 0.867. The number of rotatable bonds is 3. The lowest BCUT2D eigenvalue weighted by molar-refractivity contribution is -0.142. The van der Waals surface area contributed by atoms with Crippen molar-refractivity contribution >= 4 is 23.6 Å². The lowest BCUT2D eigenvalue weighted by Crippen LogP contribution is -2.50. The number of nitrogens with zero attached hydrogens (tertiary/aromatic N) is 2. The molecule has 0 N–H and O–H groups in total. The Morgan fingerprint density at radius 2 is 2.14 bits per heavy atom. The molecule has 118 valence electrons. The minimum Gasteiger partial charge on any atom is -0.378 e. The summed E-state index contributed by atoms with van der Waals surface area (Å²) in [6.07, 6.45) is 3.64. The van der Waals surface area contributed by atoms with E-state index < -0.39 is 0 Å². The van der Waals surface area contributed by atoms with Crippen molar-refractivity contribution in [1.29, 1.82) is 0 Å². The van der Waals surface area contributed by atoms with Crippen LogP contribution in [0.4, 0.5) is 0 Å². The lowest BCUT2D eigenvalue weighted by atomic mass is 9.66. The first-order valence-electron chi connectivity index (χ1n) is 7.80. The first-order chi connectivity index (χ1) is 10.0. The highest BCUT2D eigenvalue weighted by Crippen LogP contribution is 2.49. The Morgan fingerprint density at radius 3 is 2.81 bits per heavy atom. The van der Waals surface area contributed by atoms with Gasteiger partial charge in [0, 0.05) is 32.4 Å². The van der Waals surface area contributed by atoms with Gasteiger partial charge < -0.3 is 14.5 Å². The third-order valence-electron chi connectivity index (χ3n) is 5.05. The second-order valence-electron chi connectivity index (χ2n) is 6.50. The molecule has 6 heteroatoms. The number of carbonyl (C=O) groups is 2. The van der Waals surface area contributed by atoms with Gasteiger partial charge in [-0.25, -0.2) is 0 Å². The van der Waals surface area contributed by atoms with Crippen molar-refractivity contribution in [3.8, 4) is 0 Å². The molecule has 0 bridgehead atoms. The number of hydrogen-bond acceptors (Lipinski definition) is 4. The van der Waals surface area contributed by atoms with Gasteiger partial charge in [0.15, 0.2) is 0 Å². The quantitative estimate of drug-likeness (QED) is 0.789. The molecule has 2 saturated heterocycles. The van der Waals surface area contributed by atoms with Crippen LogP contribution in [0.3, 0.4) is 0 Å². The van der Waals surface area contributed by atoms with Crippen LogP contribution in [0, 0.1) is 5.41 Å².